The first-order chi connectivity index (χ1) is 17.5. The largest absolute Gasteiger partial charge is 0.341 e. The van der Waals surface area contributed by atoms with Gasteiger partial charge in [-0.25, -0.2) is 9.97 Å². The number of nitrogens with zero attached hydrogens (tertiary/aromatic N) is 8. The number of piperidine rings is 1. The summed E-state index contributed by atoms with van der Waals surface area (Å²) in [6.07, 6.45) is 1.99. The summed E-state index contributed by atoms with van der Waals surface area (Å²) in [7, 11) is 0. The highest BCUT2D eigenvalue weighted by Gasteiger charge is 2.43. The summed E-state index contributed by atoms with van der Waals surface area (Å²) in [5.41, 5.74) is 8.56. The lowest BCUT2D eigenvalue weighted by Crippen LogP contribution is -2.50. The predicted molar refractivity (Wildman–Crippen MR) is 139 cm³/mol. The number of amides is 1. The highest BCUT2D eigenvalue weighted by Crippen LogP contribution is 2.35. The molecule has 1 atom stereocenters. The maximum Gasteiger partial charge on any atom is 0.281 e. The van der Waals surface area contributed by atoms with Crippen LogP contribution in [0.5, 0.6) is 0 Å². The minimum absolute atomic E-state index is 0.0857. The van der Waals surface area contributed by atoms with Crippen LogP contribution in [-0.4, -0.2) is 68.5 Å². The third-order valence-electron chi connectivity index (χ3n) is 6.99. The van der Waals surface area contributed by atoms with E-state index in [-0.39, 0.29) is 18.5 Å². The first kappa shape index (κ1) is 22.5. The first-order valence-corrected chi connectivity index (χ1v) is 12.4. The second-order valence-corrected chi connectivity index (χ2v) is 9.41. The van der Waals surface area contributed by atoms with Crippen LogP contribution in [0.3, 0.4) is 0 Å². The highest BCUT2D eigenvalue weighted by molar-refractivity contribution is 6.18. The third kappa shape index (κ3) is 3.67. The van der Waals surface area contributed by atoms with Crippen molar-refractivity contribution < 1.29 is 4.79 Å². The average molecular weight is 484 g/mol. The van der Waals surface area contributed by atoms with Crippen LogP contribution in [0.4, 0.5) is 11.8 Å². The zero-order valence-electron chi connectivity index (χ0n) is 20.6. The van der Waals surface area contributed by atoms with Crippen LogP contribution in [0.2, 0.25) is 0 Å². The van der Waals surface area contributed by atoms with Crippen LogP contribution < -0.4 is 15.5 Å². The van der Waals surface area contributed by atoms with E-state index >= 15 is 0 Å². The lowest BCUT2D eigenvalue weighted by atomic mass is 10.1. The number of guanidine groups is 1. The molecule has 0 bridgehead atoms. The summed E-state index contributed by atoms with van der Waals surface area (Å²) < 4.78 is 1.95. The van der Waals surface area contributed by atoms with E-state index < -0.39 is 0 Å². The van der Waals surface area contributed by atoms with Crippen LogP contribution >= 0.6 is 0 Å². The number of nitrogens with two attached hydrogens (primary N) is 1. The Morgan fingerprint density at radius 3 is 2.86 bits per heavy atom. The van der Waals surface area contributed by atoms with E-state index in [1.54, 1.807) is 11.8 Å². The number of aryl methyl sites for hydroxylation is 1. The van der Waals surface area contributed by atoms with Gasteiger partial charge in [0, 0.05) is 36.8 Å². The van der Waals surface area contributed by atoms with Gasteiger partial charge in [-0.1, -0.05) is 24.1 Å². The number of aliphatic imine (C=N–C) groups is 1. The van der Waals surface area contributed by atoms with Crippen molar-refractivity contribution in [2.24, 2.45) is 10.7 Å². The SMILES string of the molecule is CC#CCn1c(N2CCC[C@@H](N)C2)nc2c1C(=O)N(Cc1nc(C)c3ccccc3n1)C1=NCCN12. The van der Waals surface area contributed by atoms with E-state index in [1.807, 2.05) is 40.7 Å². The molecular weight excluding hydrogens is 454 g/mol. The molecule has 0 unspecified atom stereocenters. The van der Waals surface area contributed by atoms with E-state index in [0.29, 0.717) is 49.5 Å². The maximum absolute atomic E-state index is 14.1. The van der Waals surface area contributed by atoms with Gasteiger partial charge in [-0.05, 0) is 32.8 Å². The average Bonchev–Trinajstić information content (AvgIpc) is 3.51. The molecule has 36 heavy (non-hydrogen) atoms. The number of carbonyl (C=O) groups is 1. The standard InChI is InChI=1S/C26H29N9O/c1-3-4-13-33-22-23(31-26(33)32-12-7-8-18(27)15-32)34-14-11-28-25(34)35(24(22)36)16-21-29-17(2)19-9-5-6-10-20(19)30-21/h5-6,9-10,18H,7-8,11-16,27H2,1-2H3/t18-/m1/s1. The molecule has 3 aromatic rings. The normalized spacial score (nSPS) is 19.2. The number of anilines is 2. The number of para-hydroxylation sites is 1. The quantitative estimate of drug-likeness (QED) is 0.565. The molecule has 1 aromatic carbocycles. The van der Waals surface area contributed by atoms with Crippen molar-refractivity contribution in [3.8, 4) is 11.8 Å². The van der Waals surface area contributed by atoms with Gasteiger partial charge in [-0.3, -0.25) is 24.2 Å². The molecule has 184 valence electrons. The summed E-state index contributed by atoms with van der Waals surface area (Å²) in [6, 6.07) is 8.00. The molecule has 10 heteroatoms. The summed E-state index contributed by atoms with van der Waals surface area (Å²) >= 11 is 0. The molecular formula is C26H29N9O. The molecule has 3 aliphatic rings. The molecule has 2 aromatic heterocycles. The summed E-state index contributed by atoms with van der Waals surface area (Å²) in [6.45, 7) is 7.21. The van der Waals surface area contributed by atoms with Gasteiger partial charge in [0.1, 0.15) is 5.82 Å². The molecule has 0 radical (unpaired) electrons. The van der Waals surface area contributed by atoms with Crippen molar-refractivity contribution >= 4 is 34.5 Å². The molecule has 10 nitrogen and oxygen atoms in total. The molecule has 0 saturated carbocycles. The minimum atomic E-state index is -0.158. The molecule has 1 saturated heterocycles. The number of benzene rings is 1. The zero-order chi connectivity index (χ0) is 24.8. The van der Waals surface area contributed by atoms with Crippen LogP contribution in [0.25, 0.3) is 10.9 Å². The molecule has 3 aliphatic heterocycles. The fourth-order valence-electron chi connectivity index (χ4n) is 5.30. The zero-order valence-corrected chi connectivity index (χ0v) is 20.6. The topological polar surface area (TPSA) is 109 Å². The Balaban J connectivity index is 1.43. The van der Waals surface area contributed by atoms with Crippen molar-refractivity contribution in [3.63, 3.8) is 0 Å². The smallest absolute Gasteiger partial charge is 0.281 e. The monoisotopic (exact) mass is 483 g/mol. The Labute approximate surface area is 209 Å². The van der Waals surface area contributed by atoms with E-state index in [9.17, 15) is 4.79 Å². The molecule has 2 N–H and O–H groups in total. The second kappa shape index (κ2) is 8.91. The number of carbonyl (C=O) groups excluding carboxylic acids is 1. The Morgan fingerprint density at radius 1 is 1.17 bits per heavy atom. The van der Waals surface area contributed by atoms with E-state index in [4.69, 9.17) is 20.7 Å². The van der Waals surface area contributed by atoms with Crippen molar-refractivity contribution in [1.29, 1.82) is 0 Å². The number of aromatic nitrogens is 4. The van der Waals surface area contributed by atoms with Crippen LogP contribution in [0.1, 0.15) is 41.8 Å². The number of hydrogen-bond acceptors (Lipinski definition) is 8. The lowest BCUT2D eigenvalue weighted by Gasteiger charge is -2.33. The lowest BCUT2D eigenvalue weighted by molar-refractivity contribution is 0.0821. The van der Waals surface area contributed by atoms with Crippen molar-refractivity contribution in [2.75, 3.05) is 36.0 Å². The molecule has 6 rings (SSSR count). The Hall–Kier alpha value is -3.97. The molecule has 1 fully saturated rings. The van der Waals surface area contributed by atoms with E-state index in [0.717, 1.165) is 41.9 Å². The maximum atomic E-state index is 14.1. The minimum Gasteiger partial charge on any atom is -0.341 e. The van der Waals surface area contributed by atoms with E-state index in [2.05, 4.69) is 21.7 Å². The summed E-state index contributed by atoms with van der Waals surface area (Å²) in [5.74, 6) is 8.52. The van der Waals surface area contributed by atoms with Gasteiger partial charge >= 0.3 is 0 Å². The van der Waals surface area contributed by atoms with Crippen LogP contribution in [-0.2, 0) is 13.1 Å². The number of fused-ring (bicyclic) bond motifs is 4. The summed E-state index contributed by atoms with van der Waals surface area (Å²) in [4.78, 5) is 39.1. The fourth-order valence-corrected chi connectivity index (χ4v) is 5.30. The van der Waals surface area contributed by atoms with Gasteiger partial charge in [0.15, 0.2) is 11.5 Å². The Bertz CT molecular complexity index is 1450. The second-order valence-electron chi connectivity index (χ2n) is 9.41. The van der Waals surface area contributed by atoms with Crippen LogP contribution in [0, 0.1) is 18.8 Å². The van der Waals surface area contributed by atoms with Crippen molar-refractivity contribution in [1.82, 2.24) is 24.4 Å². The van der Waals surface area contributed by atoms with E-state index in [1.165, 1.54) is 0 Å². The van der Waals surface area contributed by atoms with Crippen molar-refractivity contribution in [3.05, 3.63) is 41.5 Å². The van der Waals surface area contributed by atoms with Gasteiger partial charge in [0.05, 0.1) is 25.2 Å². The molecule has 0 aliphatic carbocycles. The fraction of sp³-hybridized carbons (Fsp3) is 0.423. The van der Waals surface area contributed by atoms with Gasteiger partial charge < -0.3 is 10.6 Å². The molecule has 1 amide bonds. The van der Waals surface area contributed by atoms with Crippen molar-refractivity contribution in [2.45, 2.75) is 45.8 Å². The van der Waals surface area contributed by atoms with Gasteiger partial charge in [-0.15, -0.1) is 5.92 Å². The predicted octanol–water partition coefficient (Wildman–Crippen LogP) is 1.92. The highest BCUT2D eigenvalue weighted by atomic mass is 16.2. The number of imidazole rings is 1. The van der Waals surface area contributed by atoms with Crippen LogP contribution in [0.15, 0.2) is 29.3 Å². The molecule has 5 heterocycles. The first-order valence-electron chi connectivity index (χ1n) is 12.4. The Kier molecular flexibility index (Phi) is 5.57. The summed E-state index contributed by atoms with van der Waals surface area (Å²) in [5, 5.41) is 1.01. The number of hydrogen-bond donors (Lipinski definition) is 1. The number of rotatable bonds is 4. The van der Waals surface area contributed by atoms with Gasteiger partial charge in [-0.2, -0.15) is 4.98 Å². The third-order valence-corrected chi connectivity index (χ3v) is 6.99. The Morgan fingerprint density at radius 2 is 2.03 bits per heavy atom. The van der Waals surface area contributed by atoms with Gasteiger partial charge in [0.25, 0.3) is 5.91 Å². The van der Waals surface area contributed by atoms with Gasteiger partial charge in [0.2, 0.25) is 11.9 Å². The molecule has 0 spiro atoms.